The van der Waals surface area contributed by atoms with Crippen LogP contribution >= 0.6 is 0 Å². The lowest BCUT2D eigenvalue weighted by atomic mass is 10.1. The van der Waals surface area contributed by atoms with Gasteiger partial charge in [0.1, 0.15) is 17.7 Å². The van der Waals surface area contributed by atoms with E-state index in [1.807, 2.05) is 0 Å². The van der Waals surface area contributed by atoms with Crippen LogP contribution in [0.4, 0.5) is 4.79 Å². The number of nitrogens with two attached hydrogens (primary N) is 1. The molecule has 152 valence electrons. The number of likely N-dealkylation sites (tertiary alicyclic amines) is 1. The van der Waals surface area contributed by atoms with E-state index in [0.717, 1.165) is 0 Å². The Hall–Kier alpha value is -2.58. The van der Waals surface area contributed by atoms with Crippen LogP contribution in [-0.4, -0.2) is 60.1 Å². The lowest BCUT2D eigenvalue weighted by Gasteiger charge is -2.28. The fourth-order valence-corrected chi connectivity index (χ4v) is 2.74. The van der Waals surface area contributed by atoms with Crippen LogP contribution in [0.5, 0.6) is 0 Å². The highest BCUT2D eigenvalue weighted by atomic mass is 16.6. The Morgan fingerprint density at radius 1 is 1.30 bits per heavy atom. The van der Waals surface area contributed by atoms with E-state index in [1.54, 1.807) is 26.8 Å². The first-order chi connectivity index (χ1) is 12.5. The molecular weight excluding hydrogens is 354 g/mol. The summed E-state index contributed by atoms with van der Waals surface area (Å²) in [7, 11) is 1.26. The molecule has 3 N–H and O–H groups in total. The molecule has 1 rings (SSSR count). The third-order valence-electron chi connectivity index (χ3n) is 3.93. The minimum Gasteiger partial charge on any atom is -0.466 e. The Kier molecular flexibility index (Phi) is 8.27. The van der Waals surface area contributed by atoms with Gasteiger partial charge in [-0.2, -0.15) is 0 Å². The Labute approximate surface area is 159 Å². The number of hydrogen-bond donors (Lipinski definition) is 2. The number of carbonyl (C=O) groups excluding carboxylic acids is 4. The summed E-state index contributed by atoms with van der Waals surface area (Å²) in [5, 5.41) is 2.56. The minimum atomic E-state index is -0.901. The van der Waals surface area contributed by atoms with Crippen molar-refractivity contribution in [3.05, 3.63) is 12.2 Å². The molecule has 0 spiro atoms. The first kappa shape index (κ1) is 22.5. The number of amides is 3. The van der Waals surface area contributed by atoms with Gasteiger partial charge in [-0.05, 0) is 46.5 Å². The van der Waals surface area contributed by atoms with Crippen LogP contribution in [0.1, 0.15) is 46.5 Å². The minimum absolute atomic E-state index is 0.230. The molecule has 1 aliphatic rings. The van der Waals surface area contributed by atoms with Gasteiger partial charge in [-0.15, -0.1) is 0 Å². The molecule has 0 aromatic rings. The Morgan fingerprint density at radius 3 is 2.52 bits per heavy atom. The maximum Gasteiger partial charge on any atom is 0.408 e. The first-order valence-electron chi connectivity index (χ1n) is 8.89. The van der Waals surface area contributed by atoms with Gasteiger partial charge in [0.15, 0.2) is 0 Å². The molecule has 2 atom stereocenters. The number of hydrogen-bond acceptors (Lipinski definition) is 6. The standard InChI is InChI=1S/C18H29N3O6/c1-18(2,3)27-17(25)20-12(8-5-6-10-14(22)26-4)16(24)21-11-7-9-13(21)15(19)23/h6,10,12-13H,5,7-9,11H2,1-4H3,(H2,19,23)(H,20,25)/b10-6+/t12-,13?/m0/s1. The van der Waals surface area contributed by atoms with E-state index in [2.05, 4.69) is 10.1 Å². The normalized spacial score (nSPS) is 18.2. The number of alkyl carbamates (subject to hydrolysis) is 1. The summed E-state index contributed by atoms with van der Waals surface area (Å²) in [6.45, 7) is 5.54. The van der Waals surface area contributed by atoms with Crippen LogP contribution in [-0.2, 0) is 23.9 Å². The second kappa shape index (κ2) is 9.94. The molecule has 0 saturated carbocycles. The molecule has 0 aliphatic carbocycles. The summed E-state index contributed by atoms with van der Waals surface area (Å²) in [4.78, 5) is 49.1. The van der Waals surface area contributed by atoms with Crippen molar-refractivity contribution >= 4 is 23.9 Å². The van der Waals surface area contributed by atoms with E-state index in [9.17, 15) is 19.2 Å². The zero-order chi connectivity index (χ0) is 20.6. The molecule has 27 heavy (non-hydrogen) atoms. The molecule has 0 radical (unpaired) electrons. The maximum atomic E-state index is 12.9. The van der Waals surface area contributed by atoms with Crippen molar-refractivity contribution in [3.8, 4) is 0 Å². The van der Waals surface area contributed by atoms with Gasteiger partial charge >= 0.3 is 12.1 Å². The molecule has 1 heterocycles. The van der Waals surface area contributed by atoms with E-state index in [1.165, 1.54) is 18.1 Å². The summed E-state index contributed by atoms with van der Waals surface area (Å²) < 4.78 is 9.72. The number of methoxy groups -OCH3 is 1. The third-order valence-corrected chi connectivity index (χ3v) is 3.93. The fourth-order valence-electron chi connectivity index (χ4n) is 2.74. The van der Waals surface area contributed by atoms with Crippen LogP contribution in [0.25, 0.3) is 0 Å². The average molecular weight is 383 g/mol. The number of allylic oxidation sites excluding steroid dienone is 1. The molecule has 1 unspecified atom stereocenters. The Bertz CT molecular complexity index is 596. The van der Waals surface area contributed by atoms with E-state index < -0.39 is 41.6 Å². The molecule has 3 amide bonds. The highest BCUT2D eigenvalue weighted by molar-refractivity contribution is 5.91. The summed E-state index contributed by atoms with van der Waals surface area (Å²) in [6, 6.07) is -1.58. The highest BCUT2D eigenvalue weighted by Crippen LogP contribution is 2.19. The Morgan fingerprint density at radius 2 is 1.96 bits per heavy atom. The lowest BCUT2D eigenvalue weighted by Crippen LogP contribution is -2.53. The smallest absolute Gasteiger partial charge is 0.408 e. The molecule has 1 fully saturated rings. The fraction of sp³-hybridized carbons (Fsp3) is 0.667. The van der Waals surface area contributed by atoms with Gasteiger partial charge in [0.05, 0.1) is 7.11 Å². The summed E-state index contributed by atoms with van der Waals surface area (Å²) in [5.41, 5.74) is 4.66. The number of rotatable bonds is 7. The monoisotopic (exact) mass is 383 g/mol. The van der Waals surface area contributed by atoms with E-state index in [0.29, 0.717) is 25.8 Å². The van der Waals surface area contributed by atoms with Crippen molar-refractivity contribution in [2.45, 2.75) is 64.1 Å². The van der Waals surface area contributed by atoms with Crippen molar-refractivity contribution in [1.29, 1.82) is 0 Å². The zero-order valence-electron chi connectivity index (χ0n) is 16.3. The van der Waals surface area contributed by atoms with E-state index in [4.69, 9.17) is 10.5 Å². The van der Waals surface area contributed by atoms with Crippen molar-refractivity contribution in [1.82, 2.24) is 10.2 Å². The van der Waals surface area contributed by atoms with Crippen LogP contribution < -0.4 is 11.1 Å². The van der Waals surface area contributed by atoms with Gasteiger partial charge in [0.25, 0.3) is 0 Å². The summed E-state index contributed by atoms with van der Waals surface area (Å²) >= 11 is 0. The number of ether oxygens (including phenoxy) is 2. The SMILES string of the molecule is COC(=O)/C=C/CC[C@H](NC(=O)OC(C)(C)C)C(=O)N1CCCC1C(N)=O. The lowest BCUT2D eigenvalue weighted by molar-refractivity contribution is -0.139. The number of nitrogens with zero attached hydrogens (tertiary/aromatic N) is 1. The van der Waals surface area contributed by atoms with E-state index >= 15 is 0 Å². The molecule has 9 nitrogen and oxygen atoms in total. The number of primary amides is 1. The molecule has 1 saturated heterocycles. The van der Waals surface area contributed by atoms with Gasteiger partial charge in [-0.3, -0.25) is 9.59 Å². The van der Waals surface area contributed by atoms with Crippen LogP contribution in [0, 0.1) is 0 Å². The summed E-state index contributed by atoms with van der Waals surface area (Å²) in [6.07, 6.45) is 3.82. The summed E-state index contributed by atoms with van der Waals surface area (Å²) in [5.74, 6) is -1.47. The van der Waals surface area contributed by atoms with Crippen molar-refractivity contribution in [2.75, 3.05) is 13.7 Å². The molecule has 0 bridgehead atoms. The number of nitrogens with one attached hydrogen (secondary N) is 1. The van der Waals surface area contributed by atoms with Crippen LogP contribution in [0.15, 0.2) is 12.2 Å². The first-order valence-corrected chi connectivity index (χ1v) is 8.89. The van der Waals surface area contributed by atoms with Gasteiger partial charge in [-0.25, -0.2) is 9.59 Å². The molecule has 0 aromatic carbocycles. The third kappa shape index (κ3) is 7.67. The van der Waals surface area contributed by atoms with Crippen molar-refractivity contribution in [2.24, 2.45) is 5.73 Å². The maximum absolute atomic E-state index is 12.9. The zero-order valence-corrected chi connectivity index (χ0v) is 16.3. The van der Waals surface area contributed by atoms with E-state index in [-0.39, 0.29) is 6.42 Å². The van der Waals surface area contributed by atoms with Gasteiger partial charge < -0.3 is 25.4 Å². The van der Waals surface area contributed by atoms with Crippen LogP contribution in [0.3, 0.4) is 0 Å². The van der Waals surface area contributed by atoms with Crippen molar-refractivity contribution in [3.63, 3.8) is 0 Å². The molecule has 1 aliphatic heterocycles. The number of esters is 1. The van der Waals surface area contributed by atoms with Gasteiger partial charge in [0.2, 0.25) is 11.8 Å². The number of carbonyl (C=O) groups is 4. The quantitative estimate of drug-likeness (QED) is 0.496. The topological polar surface area (TPSA) is 128 Å². The van der Waals surface area contributed by atoms with Crippen LogP contribution in [0.2, 0.25) is 0 Å². The Balaban J connectivity index is 2.83. The largest absolute Gasteiger partial charge is 0.466 e. The van der Waals surface area contributed by atoms with Gasteiger partial charge in [0, 0.05) is 12.6 Å². The predicted octanol–water partition coefficient (Wildman–Crippen LogP) is 0.865. The van der Waals surface area contributed by atoms with Gasteiger partial charge in [-0.1, -0.05) is 6.08 Å². The average Bonchev–Trinajstić information content (AvgIpc) is 3.04. The predicted molar refractivity (Wildman–Crippen MR) is 97.5 cm³/mol. The highest BCUT2D eigenvalue weighted by Gasteiger charge is 2.36. The second-order valence-corrected chi connectivity index (χ2v) is 7.29. The molecular formula is C18H29N3O6. The molecule has 0 aromatic heterocycles. The van der Waals surface area contributed by atoms with Crippen molar-refractivity contribution < 1.29 is 28.7 Å². The molecule has 9 heteroatoms. The second-order valence-electron chi connectivity index (χ2n) is 7.29.